The van der Waals surface area contributed by atoms with Gasteiger partial charge in [0.25, 0.3) is 0 Å². The molecule has 124 valence electrons. The molecule has 2 aromatic rings. The molecule has 1 heterocycles. The normalized spacial score (nSPS) is 12.3. The molecule has 23 heavy (non-hydrogen) atoms. The van der Waals surface area contributed by atoms with Gasteiger partial charge in [0.05, 0.1) is 28.8 Å². The lowest BCUT2D eigenvalue weighted by Crippen LogP contribution is -2.42. The zero-order valence-corrected chi connectivity index (χ0v) is 14.5. The van der Waals surface area contributed by atoms with E-state index in [4.69, 9.17) is 4.74 Å². The first-order valence-electron chi connectivity index (χ1n) is 7.78. The van der Waals surface area contributed by atoms with Gasteiger partial charge in [0.1, 0.15) is 6.04 Å². The van der Waals surface area contributed by atoms with E-state index in [2.05, 4.69) is 10.3 Å². The van der Waals surface area contributed by atoms with Gasteiger partial charge in [0.2, 0.25) is 5.91 Å². The second kappa shape index (κ2) is 8.06. The van der Waals surface area contributed by atoms with Crippen LogP contribution in [-0.2, 0) is 20.7 Å². The number of nitrogens with one attached hydrogen (secondary N) is 1. The number of para-hydroxylation sites is 1. The van der Waals surface area contributed by atoms with Crippen LogP contribution < -0.4 is 5.32 Å². The van der Waals surface area contributed by atoms with E-state index in [9.17, 15) is 9.59 Å². The maximum atomic E-state index is 12.2. The van der Waals surface area contributed by atoms with Crippen molar-refractivity contribution in [2.75, 3.05) is 6.61 Å². The molecular formula is C17H22N2O3S. The number of esters is 1. The van der Waals surface area contributed by atoms with Crippen LogP contribution >= 0.6 is 11.3 Å². The summed E-state index contributed by atoms with van der Waals surface area (Å²) in [4.78, 5) is 28.5. The third-order valence-electron chi connectivity index (χ3n) is 3.38. The van der Waals surface area contributed by atoms with Crippen molar-refractivity contribution in [3.8, 4) is 0 Å². The predicted molar refractivity (Wildman–Crippen MR) is 91.3 cm³/mol. The highest BCUT2D eigenvalue weighted by molar-refractivity contribution is 7.16. The van der Waals surface area contributed by atoms with Crippen molar-refractivity contribution in [3.63, 3.8) is 0 Å². The summed E-state index contributed by atoms with van der Waals surface area (Å²) in [7, 11) is 0. The molecule has 2 rings (SSSR count). The van der Waals surface area contributed by atoms with Crippen LogP contribution in [-0.4, -0.2) is 29.5 Å². The van der Waals surface area contributed by atoms with Crippen LogP contribution in [0.15, 0.2) is 23.7 Å². The highest BCUT2D eigenvalue weighted by Gasteiger charge is 2.21. The van der Waals surface area contributed by atoms with Crippen LogP contribution in [0, 0.1) is 5.92 Å². The van der Waals surface area contributed by atoms with Gasteiger partial charge in [-0.15, -0.1) is 11.3 Å². The minimum absolute atomic E-state index is 0.196. The van der Waals surface area contributed by atoms with Crippen molar-refractivity contribution in [2.45, 2.75) is 39.7 Å². The first kappa shape index (κ1) is 17.4. The molecule has 5 nitrogen and oxygen atoms in total. The molecule has 1 amide bonds. The average Bonchev–Trinajstić information content (AvgIpc) is 3.00. The molecule has 6 heteroatoms. The summed E-state index contributed by atoms with van der Waals surface area (Å²) < 4.78 is 6.26. The van der Waals surface area contributed by atoms with E-state index in [0.29, 0.717) is 13.0 Å². The molecule has 0 aliphatic rings. The lowest BCUT2D eigenvalue weighted by Gasteiger charge is -2.17. The van der Waals surface area contributed by atoms with Crippen LogP contribution in [0.2, 0.25) is 0 Å². The summed E-state index contributed by atoms with van der Waals surface area (Å²) in [6.45, 7) is 6.16. The molecule has 0 saturated carbocycles. The summed E-state index contributed by atoms with van der Waals surface area (Å²) >= 11 is 1.54. The molecule has 0 aliphatic carbocycles. The number of amides is 1. The number of rotatable bonds is 7. The van der Waals surface area contributed by atoms with E-state index in [1.54, 1.807) is 16.8 Å². The lowest BCUT2D eigenvalue weighted by molar-refractivity contribution is -0.148. The molecule has 1 unspecified atom stereocenters. The largest absolute Gasteiger partial charge is 0.464 e. The fraction of sp³-hybridized carbons (Fsp3) is 0.471. The third kappa shape index (κ3) is 4.76. The predicted octanol–water partition coefficient (Wildman–Crippen LogP) is 2.93. The van der Waals surface area contributed by atoms with Gasteiger partial charge in [0, 0.05) is 0 Å². The number of fused-ring (bicyclic) bond motifs is 1. The van der Waals surface area contributed by atoms with Crippen molar-refractivity contribution in [2.24, 2.45) is 5.92 Å². The molecule has 1 N–H and O–H groups in total. The van der Waals surface area contributed by atoms with Crippen LogP contribution in [0.4, 0.5) is 0 Å². The highest BCUT2D eigenvalue weighted by atomic mass is 32.1. The molecule has 1 aromatic carbocycles. The van der Waals surface area contributed by atoms with Crippen LogP contribution in [0.5, 0.6) is 0 Å². The van der Waals surface area contributed by atoms with Gasteiger partial charge >= 0.3 is 5.97 Å². The van der Waals surface area contributed by atoms with Gasteiger partial charge in [-0.1, -0.05) is 32.9 Å². The van der Waals surface area contributed by atoms with Gasteiger partial charge in [-0.25, -0.2) is 9.78 Å². The van der Waals surface area contributed by atoms with Crippen molar-refractivity contribution in [3.05, 3.63) is 29.3 Å². The summed E-state index contributed by atoms with van der Waals surface area (Å²) in [5.74, 6) is -0.297. The summed E-state index contributed by atoms with van der Waals surface area (Å²) in [6.07, 6.45) is 0.707. The van der Waals surface area contributed by atoms with E-state index in [1.807, 2.05) is 39.0 Å². The van der Waals surface area contributed by atoms with Crippen molar-refractivity contribution < 1.29 is 14.3 Å². The third-order valence-corrected chi connectivity index (χ3v) is 4.18. The Morgan fingerprint density at radius 1 is 1.35 bits per heavy atom. The Labute approximate surface area is 140 Å². The second-order valence-corrected chi connectivity index (χ2v) is 6.73. The first-order chi connectivity index (χ1) is 11.0. The van der Waals surface area contributed by atoms with E-state index in [0.717, 1.165) is 15.8 Å². The van der Waals surface area contributed by atoms with Crippen molar-refractivity contribution in [1.29, 1.82) is 0 Å². The number of nitrogens with zero attached hydrogens (tertiary/aromatic N) is 1. The number of aromatic nitrogens is 1. The second-order valence-electron chi connectivity index (χ2n) is 5.85. The Morgan fingerprint density at radius 3 is 2.83 bits per heavy atom. The van der Waals surface area contributed by atoms with Gasteiger partial charge < -0.3 is 10.1 Å². The quantitative estimate of drug-likeness (QED) is 0.791. The number of hydrogen-bond donors (Lipinski definition) is 1. The molecule has 1 atom stereocenters. The Kier molecular flexibility index (Phi) is 6.10. The molecule has 0 fully saturated rings. The summed E-state index contributed by atoms with van der Waals surface area (Å²) in [5, 5.41) is 2.76. The van der Waals surface area contributed by atoms with E-state index in [-0.39, 0.29) is 24.2 Å². The van der Waals surface area contributed by atoms with Gasteiger partial charge in [-0.2, -0.15) is 0 Å². The first-order valence-corrected chi connectivity index (χ1v) is 8.66. The van der Waals surface area contributed by atoms with E-state index >= 15 is 0 Å². The molecule has 0 saturated heterocycles. The van der Waals surface area contributed by atoms with Crippen LogP contribution in [0.3, 0.4) is 0 Å². The lowest BCUT2D eigenvalue weighted by atomic mass is 10.1. The van der Waals surface area contributed by atoms with Gasteiger partial charge in [-0.05, 0) is 24.0 Å². The summed E-state index contributed by atoms with van der Waals surface area (Å²) in [5.41, 5.74) is 3.49. The Bertz CT molecular complexity index is 681. The SMILES string of the molecule is CCC(NC(=O)Cc1cccc2scnc12)C(=O)OCC(C)C. The monoisotopic (exact) mass is 334 g/mol. The molecule has 0 spiro atoms. The number of thiazole rings is 1. The molecule has 0 bridgehead atoms. The zero-order chi connectivity index (χ0) is 16.8. The van der Waals surface area contributed by atoms with E-state index in [1.165, 1.54) is 0 Å². The van der Waals surface area contributed by atoms with Gasteiger partial charge in [-0.3, -0.25) is 4.79 Å². The smallest absolute Gasteiger partial charge is 0.328 e. The van der Waals surface area contributed by atoms with Crippen LogP contribution in [0.25, 0.3) is 10.2 Å². The molecule has 0 radical (unpaired) electrons. The number of ether oxygens (including phenoxy) is 1. The fourth-order valence-corrected chi connectivity index (χ4v) is 2.91. The number of benzene rings is 1. The number of hydrogen-bond acceptors (Lipinski definition) is 5. The molecular weight excluding hydrogens is 312 g/mol. The maximum Gasteiger partial charge on any atom is 0.328 e. The van der Waals surface area contributed by atoms with Crippen molar-refractivity contribution in [1.82, 2.24) is 10.3 Å². The number of carbonyl (C=O) groups excluding carboxylic acids is 2. The minimum atomic E-state index is -0.601. The Morgan fingerprint density at radius 2 is 2.13 bits per heavy atom. The Balaban J connectivity index is 1.97. The summed E-state index contributed by atoms with van der Waals surface area (Å²) in [6, 6.07) is 5.18. The highest BCUT2D eigenvalue weighted by Crippen LogP contribution is 2.21. The van der Waals surface area contributed by atoms with Crippen LogP contribution in [0.1, 0.15) is 32.8 Å². The topological polar surface area (TPSA) is 68.3 Å². The van der Waals surface area contributed by atoms with Crippen molar-refractivity contribution >= 4 is 33.4 Å². The molecule has 1 aromatic heterocycles. The molecule has 0 aliphatic heterocycles. The fourth-order valence-electron chi connectivity index (χ4n) is 2.18. The van der Waals surface area contributed by atoms with Gasteiger partial charge in [0.15, 0.2) is 0 Å². The zero-order valence-electron chi connectivity index (χ0n) is 13.7. The average molecular weight is 334 g/mol. The minimum Gasteiger partial charge on any atom is -0.464 e. The van der Waals surface area contributed by atoms with E-state index < -0.39 is 6.04 Å². The maximum absolute atomic E-state index is 12.2. The standard InChI is InChI=1S/C17H22N2O3S/c1-4-13(17(21)22-9-11(2)3)19-15(20)8-12-6-5-7-14-16(12)18-10-23-14/h5-7,10-11,13H,4,8-9H2,1-3H3,(H,19,20). The Hall–Kier alpha value is -1.95. The number of carbonyl (C=O) groups is 2.